The van der Waals surface area contributed by atoms with Crippen LogP contribution in [0.3, 0.4) is 0 Å². The number of para-hydroxylation sites is 1. The maximum atomic E-state index is 13.7. The summed E-state index contributed by atoms with van der Waals surface area (Å²) in [7, 11) is 3.24. The summed E-state index contributed by atoms with van der Waals surface area (Å²) in [4.78, 5) is 78.6. The number of nitrogens with zero attached hydrogens (tertiary/aromatic N) is 4. The Labute approximate surface area is 273 Å². The lowest BCUT2D eigenvalue weighted by atomic mass is 10.3. The maximum absolute atomic E-state index is 13.7. The molecule has 2 aliphatic rings. The van der Waals surface area contributed by atoms with Crippen molar-refractivity contribution in [3.05, 3.63) is 74.2 Å². The first-order valence-corrected chi connectivity index (χ1v) is 16.2. The molecule has 0 radical (unpaired) electrons. The summed E-state index contributed by atoms with van der Waals surface area (Å²) in [5, 5.41) is 29.0. The molecule has 0 aliphatic carbocycles. The van der Waals surface area contributed by atoms with Gasteiger partial charge in [-0.1, -0.05) is 47.9 Å². The van der Waals surface area contributed by atoms with E-state index in [4.69, 9.17) is 17.0 Å². The number of hydrogen-bond donors (Lipinski definition) is 3. The van der Waals surface area contributed by atoms with Crippen molar-refractivity contribution in [2.24, 2.45) is 0 Å². The predicted molar refractivity (Wildman–Crippen MR) is 171 cm³/mol. The number of benzene rings is 1. The highest BCUT2D eigenvalue weighted by molar-refractivity contribution is 8.30. The number of rotatable bonds is 8. The first-order chi connectivity index (χ1) is 21.3. The van der Waals surface area contributed by atoms with Crippen LogP contribution in [0.1, 0.15) is 0 Å². The average molecular weight is 709 g/mol. The highest BCUT2D eigenvalue weighted by Gasteiger charge is 2.35. The van der Waals surface area contributed by atoms with Gasteiger partial charge in [0.15, 0.2) is 5.76 Å². The number of carbonyl (C=O) groups is 4. The lowest BCUT2D eigenvalue weighted by molar-refractivity contribution is -0.140. The molecular formula is C26H20N4O10S5. The van der Waals surface area contributed by atoms with E-state index in [-0.39, 0.29) is 27.6 Å². The maximum Gasteiger partial charge on any atom is 0.323 e. The highest BCUT2D eigenvalue weighted by Crippen LogP contribution is 2.46. The number of carboxylic acid groups (broad SMARTS) is 3. The molecule has 3 aromatic rings. The van der Waals surface area contributed by atoms with E-state index in [1.54, 1.807) is 0 Å². The van der Waals surface area contributed by atoms with E-state index in [2.05, 4.69) is 0 Å². The third-order valence-corrected chi connectivity index (χ3v) is 11.6. The Morgan fingerprint density at radius 3 is 2.11 bits per heavy atom. The minimum absolute atomic E-state index is 0.0347. The summed E-state index contributed by atoms with van der Waals surface area (Å²) in [5.74, 6) is -4.65. The molecule has 45 heavy (non-hydrogen) atoms. The van der Waals surface area contributed by atoms with Crippen LogP contribution in [0.15, 0.2) is 49.5 Å². The number of fused-ring (bicyclic) bond motifs is 1. The van der Waals surface area contributed by atoms with Gasteiger partial charge < -0.3 is 25.0 Å². The third-order valence-electron chi connectivity index (χ3n) is 6.34. The number of carboxylic acids is 3. The number of amides is 1. The first kappa shape index (κ1) is 32.2. The molecule has 0 atom stereocenters. The lowest BCUT2D eigenvalue weighted by Crippen LogP contribution is -2.35. The van der Waals surface area contributed by atoms with Crippen molar-refractivity contribution in [1.29, 1.82) is 0 Å². The van der Waals surface area contributed by atoms with Crippen molar-refractivity contribution >= 4 is 103 Å². The van der Waals surface area contributed by atoms with Crippen molar-refractivity contribution < 1.29 is 39.2 Å². The van der Waals surface area contributed by atoms with Crippen molar-refractivity contribution in [2.75, 3.05) is 25.6 Å². The van der Waals surface area contributed by atoms with Crippen LogP contribution in [0.2, 0.25) is 0 Å². The number of allylic oxidation sites excluding steroid dienone is 1. The average Bonchev–Trinajstić information content (AvgIpc) is 3.66. The number of anilines is 1. The van der Waals surface area contributed by atoms with Gasteiger partial charge in [-0.2, -0.15) is 0 Å². The van der Waals surface area contributed by atoms with Crippen LogP contribution in [0.5, 0.6) is 0 Å². The molecule has 234 valence electrons. The van der Waals surface area contributed by atoms with E-state index in [0.717, 1.165) is 36.0 Å². The Morgan fingerprint density at radius 1 is 0.889 bits per heavy atom. The zero-order valence-electron chi connectivity index (χ0n) is 23.0. The van der Waals surface area contributed by atoms with Gasteiger partial charge in [-0.05, 0) is 12.1 Å². The Hall–Kier alpha value is -4.17. The van der Waals surface area contributed by atoms with Crippen LogP contribution < -0.4 is 25.2 Å². The number of hydrogen-bond acceptors (Lipinski definition) is 13. The minimum Gasteiger partial charge on any atom is -0.494 e. The fourth-order valence-corrected chi connectivity index (χ4v) is 9.31. The van der Waals surface area contributed by atoms with E-state index in [1.807, 2.05) is 36.2 Å². The van der Waals surface area contributed by atoms with Gasteiger partial charge in [-0.25, -0.2) is 0 Å². The molecule has 19 heteroatoms. The van der Waals surface area contributed by atoms with Gasteiger partial charge in [0.1, 0.15) is 47.7 Å². The minimum atomic E-state index is -1.41. The van der Waals surface area contributed by atoms with Gasteiger partial charge in [-0.3, -0.25) is 42.8 Å². The van der Waals surface area contributed by atoms with Gasteiger partial charge in [-0.15, -0.1) is 22.7 Å². The van der Waals surface area contributed by atoms with Crippen LogP contribution >= 0.6 is 58.4 Å². The van der Waals surface area contributed by atoms with E-state index in [0.29, 0.717) is 33.9 Å². The number of thiocarbonyl (C=S) groups is 1. The summed E-state index contributed by atoms with van der Waals surface area (Å²) in [6.07, 6.45) is 1.44. The first-order valence-electron chi connectivity index (χ1n) is 12.5. The molecule has 4 heterocycles. The zero-order valence-corrected chi connectivity index (χ0v) is 27.1. The number of carbonyl (C=O) groups excluding carboxylic acids is 1. The van der Waals surface area contributed by atoms with Gasteiger partial charge >= 0.3 is 17.9 Å². The molecule has 0 spiro atoms. The van der Waals surface area contributed by atoms with Crippen LogP contribution in [-0.2, 0) is 37.0 Å². The molecule has 5 rings (SSSR count). The summed E-state index contributed by atoms with van der Waals surface area (Å²) in [6.45, 7) is -2.43. The lowest BCUT2D eigenvalue weighted by Gasteiger charge is -2.15. The normalized spacial score (nSPS) is 18.0. The smallest absolute Gasteiger partial charge is 0.323 e. The van der Waals surface area contributed by atoms with Crippen LogP contribution in [0, 0.1) is 9.20 Å². The number of thioether (sulfide) groups is 2. The van der Waals surface area contributed by atoms with Gasteiger partial charge in [0.05, 0.1) is 17.3 Å². The van der Waals surface area contributed by atoms with Gasteiger partial charge in [0.2, 0.25) is 0 Å². The van der Waals surface area contributed by atoms with E-state index in [9.17, 15) is 44.1 Å². The topological polar surface area (TPSA) is 189 Å². The molecule has 0 saturated carbocycles. The standard InChI is InChI=1S/C26H20N4O10S5/c1-27-11-5-3-4-6-13(11)42-23(27)12(40-2)7-14-20(37)28(8-15(31)32)24(43-14)18-21(38)29(9-16(33)34)25(44-18)19-22(39)30(10-17(35)36)26(41)45-19/h3-7H,8-10H2,1-2H3,(H,31,32)(H,33,34)(H,35,36)/b14-7?,23-12-,24-18+,25-19+. The third kappa shape index (κ3) is 6.08. The Balaban J connectivity index is 1.82. The van der Waals surface area contributed by atoms with Crippen LogP contribution in [-0.4, -0.2) is 78.2 Å². The number of ether oxygens (including phenoxy) is 1. The highest BCUT2D eigenvalue weighted by atomic mass is 32.2. The number of aromatic nitrogens is 2. The van der Waals surface area contributed by atoms with E-state index >= 15 is 0 Å². The summed E-state index contributed by atoms with van der Waals surface area (Å²) in [5.41, 5.74) is -0.707. The molecule has 1 aromatic carbocycles. The molecule has 0 unspecified atom stereocenters. The number of methoxy groups -OCH3 is 1. The summed E-state index contributed by atoms with van der Waals surface area (Å²) in [6, 6.07) is 7.61. The molecule has 1 amide bonds. The van der Waals surface area contributed by atoms with Crippen molar-refractivity contribution in [2.45, 2.75) is 18.0 Å². The fourth-order valence-electron chi connectivity index (χ4n) is 4.40. The second kappa shape index (κ2) is 12.7. The molecule has 1 fully saturated rings. The molecule has 2 aromatic heterocycles. The van der Waals surface area contributed by atoms with Gasteiger partial charge in [0, 0.05) is 18.0 Å². The molecule has 14 nitrogen and oxygen atoms in total. The molecule has 3 N–H and O–H groups in total. The van der Waals surface area contributed by atoms with Crippen molar-refractivity contribution in [1.82, 2.24) is 14.0 Å². The second-order valence-corrected chi connectivity index (χ2v) is 13.9. The van der Waals surface area contributed by atoms with Crippen molar-refractivity contribution in [3.63, 3.8) is 0 Å². The SMILES string of the molecule is CO/C(C=c1s/c(=c2/s/c(=C3/SC(=S)N(CC(=O)O)C3=O)n(CC(=O)O)c2=O)n(CC(=O)O)c1=O)=C1\Sc2ccccc2N1C. The van der Waals surface area contributed by atoms with Gasteiger partial charge in [0.25, 0.3) is 17.0 Å². The Morgan fingerprint density at radius 2 is 1.51 bits per heavy atom. The summed E-state index contributed by atoms with van der Waals surface area (Å²) < 4.78 is 6.85. The molecule has 2 aliphatic heterocycles. The monoisotopic (exact) mass is 708 g/mol. The number of aliphatic carboxylic acids is 3. The summed E-state index contributed by atoms with van der Waals surface area (Å²) >= 11 is 8.73. The quantitative estimate of drug-likeness (QED) is 0.217. The number of thiazole rings is 2. The largest absolute Gasteiger partial charge is 0.494 e. The predicted octanol–water partition coefficient (Wildman–Crippen LogP) is 0.480. The Bertz CT molecular complexity index is 2200. The fraction of sp³-hybridized carbons (Fsp3) is 0.192. The molecule has 0 bridgehead atoms. The van der Waals surface area contributed by atoms with Crippen LogP contribution in [0.25, 0.3) is 11.0 Å². The van der Waals surface area contributed by atoms with E-state index < -0.39 is 54.6 Å². The Kier molecular flexibility index (Phi) is 9.08. The zero-order chi connectivity index (χ0) is 32.7. The second-order valence-electron chi connectivity index (χ2n) is 9.21. The van der Waals surface area contributed by atoms with Crippen molar-refractivity contribution in [3.8, 4) is 0 Å². The van der Waals surface area contributed by atoms with E-state index in [1.165, 1.54) is 24.9 Å². The molecular weight excluding hydrogens is 689 g/mol. The molecule has 1 saturated heterocycles. The van der Waals surface area contributed by atoms with Crippen LogP contribution in [0.4, 0.5) is 5.69 Å².